The summed E-state index contributed by atoms with van der Waals surface area (Å²) in [5, 5.41) is 18.7. The molecule has 92 valence electrons. The Morgan fingerprint density at radius 3 is 2.47 bits per heavy atom. The number of rotatable bonds is 2. The molecular weight excluding hydrogens is 218 g/mol. The third kappa shape index (κ3) is 2.56. The molecule has 0 bridgehead atoms. The Hall–Kier alpha value is -2.03. The fourth-order valence-corrected chi connectivity index (χ4v) is 1.30. The van der Waals surface area contributed by atoms with Crippen LogP contribution in [0.3, 0.4) is 0 Å². The quantitative estimate of drug-likeness (QED) is 0.809. The molecule has 17 heavy (non-hydrogen) atoms. The van der Waals surface area contributed by atoms with Crippen molar-refractivity contribution in [2.45, 2.75) is 20.8 Å². The van der Waals surface area contributed by atoms with Crippen molar-refractivity contribution in [3.63, 3.8) is 0 Å². The number of hydrogen-bond acceptors (Lipinski definition) is 4. The minimum atomic E-state index is -0.524. The Bertz CT molecular complexity index is 475. The van der Waals surface area contributed by atoms with Gasteiger partial charge in [0, 0.05) is 19.5 Å². The minimum absolute atomic E-state index is 0.172. The number of hydrogen-bond donors (Lipinski definition) is 2. The second kappa shape index (κ2) is 4.45. The lowest BCUT2D eigenvalue weighted by Gasteiger charge is -2.16. The van der Waals surface area contributed by atoms with E-state index in [1.165, 1.54) is 4.68 Å². The van der Waals surface area contributed by atoms with Crippen LogP contribution in [0.5, 0.6) is 0 Å². The predicted molar refractivity (Wildman–Crippen MR) is 65.6 cm³/mol. The number of carbonyl (C=O) groups excluding carboxylic acids is 1. The van der Waals surface area contributed by atoms with Crippen molar-refractivity contribution in [2.24, 2.45) is 12.5 Å². The van der Waals surface area contributed by atoms with Crippen LogP contribution in [0, 0.1) is 16.7 Å². The molecule has 0 unspecified atom stereocenters. The predicted octanol–water partition coefficient (Wildman–Crippen LogP) is 1.32. The van der Waals surface area contributed by atoms with Crippen molar-refractivity contribution >= 4 is 17.5 Å². The Labute approximate surface area is 101 Å². The third-order valence-corrected chi connectivity index (χ3v) is 2.31. The van der Waals surface area contributed by atoms with Gasteiger partial charge in [0.25, 0.3) is 0 Å². The van der Waals surface area contributed by atoms with Crippen molar-refractivity contribution in [1.82, 2.24) is 9.78 Å². The van der Waals surface area contributed by atoms with Crippen molar-refractivity contribution in [3.8, 4) is 6.07 Å². The maximum absolute atomic E-state index is 11.8. The van der Waals surface area contributed by atoms with E-state index in [-0.39, 0.29) is 5.91 Å². The summed E-state index contributed by atoms with van der Waals surface area (Å²) in [4.78, 5) is 11.8. The second-order valence-electron chi connectivity index (χ2n) is 4.76. The van der Waals surface area contributed by atoms with E-state index in [0.29, 0.717) is 17.2 Å². The van der Waals surface area contributed by atoms with Gasteiger partial charge >= 0.3 is 0 Å². The summed E-state index contributed by atoms with van der Waals surface area (Å²) in [5.74, 6) is 0.700. The molecule has 6 nitrogen and oxygen atoms in total. The number of amides is 1. The maximum Gasteiger partial charge on any atom is 0.230 e. The van der Waals surface area contributed by atoms with Gasteiger partial charge < -0.3 is 10.6 Å². The smallest absolute Gasteiger partial charge is 0.230 e. The first-order valence-electron chi connectivity index (χ1n) is 5.27. The highest BCUT2D eigenvalue weighted by molar-refractivity contribution is 5.95. The van der Waals surface area contributed by atoms with Crippen LogP contribution in [0.2, 0.25) is 0 Å². The molecule has 1 aromatic heterocycles. The molecule has 0 fully saturated rings. The molecule has 1 rings (SSSR count). The number of aromatic nitrogens is 2. The molecule has 0 aliphatic heterocycles. The number of carbonyl (C=O) groups is 1. The van der Waals surface area contributed by atoms with Crippen LogP contribution in [0.25, 0.3) is 0 Å². The highest BCUT2D eigenvalue weighted by Crippen LogP contribution is 2.24. The molecule has 6 heteroatoms. The average Bonchev–Trinajstić information content (AvgIpc) is 2.52. The van der Waals surface area contributed by atoms with Gasteiger partial charge in [-0.1, -0.05) is 20.8 Å². The summed E-state index contributed by atoms with van der Waals surface area (Å²) in [6.07, 6.45) is 0. The highest BCUT2D eigenvalue weighted by atomic mass is 16.2. The molecule has 2 N–H and O–H groups in total. The van der Waals surface area contributed by atoms with E-state index < -0.39 is 5.41 Å². The summed E-state index contributed by atoms with van der Waals surface area (Å²) >= 11 is 0. The summed E-state index contributed by atoms with van der Waals surface area (Å²) in [6.45, 7) is 5.41. The Balaban J connectivity index is 3.09. The maximum atomic E-state index is 11.8. The van der Waals surface area contributed by atoms with E-state index in [0.717, 1.165) is 0 Å². The molecule has 0 aliphatic rings. The molecule has 0 radical (unpaired) electrons. The van der Waals surface area contributed by atoms with Crippen LogP contribution in [0.1, 0.15) is 26.3 Å². The molecule has 0 aliphatic carbocycles. The lowest BCUT2D eigenvalue weighted by Crippen LogP contribution is -2.28. The molecule has 1 aromatic rings. The lowest BCUT2D eigenvalue weighted by molar-refractivity contribution is -0.123. The Kier molecular flexibility index (Phi) is 3.42. The third-order valence-electron chi connectivity index (χ3n) is 2.31. The van der Waals surface area contributed by atoms with Gasteiger partial charge in [-0.25, -0.2) is 4.68 Å². The van der Waals surface area contributed by atoms with Crippen molar-refractivity contribution < 1.29 is 4.79 Å². The van der Waals surface area contributed by atoms with Crippen LogP contribution in [0.4, 0.5) is 11.6 Å². The molecule has 0 atom stereocenters. The fraction of sp³-hybridized carbons (Fsp3) is 0.545. The minimum Gasteiger partial charge on any atom is -0.372 e. The van der Waals surface area contributed by atoms with Crippen LogP contribution in [-0.2, 0) is 11.8 Å². The molecule has 0 aromatic carbocycles. The van der Waals surface area contributed by atoms with Gasteiger partial charge in [0.2, 0.25) is 5.91 Å². The van der Waals surface area contributed by atoms with Crippen LogP contribution in [-0.4, -0.2) is 22.7 Å². The zero-order valence-corrected chi connectivity index (χ0v) is 10.7. The Morgan fingerprint density at radius 1 is 1.47 bits per heavy atom. The van der Waals surface area contributed by atoms with Crippen LogP contribution in [0.15, 0.2) is 0 Å². The van der Waals surface area contributed by atoms with Gasteiger partial charge in [0.1, 0.15) is 17.5 Å². The van der Waals surface area contributed by atoms with Gasteiger partial charge in [-0.3, -0.25) is 4.79 Å². The van der Waals surface area contributed by atoms with Gasteiger partial charge in [0.05, 0.1) is 0 Å². The normalized spacial score (nSPS) is 10.8. The molecule has 1 amide bonds. The van der Waals surface area contributed by atoms with E-state index in [4.69, 9.17) is 5.26 Å². The number of anilines is 2. The highest BCUT2D eigenvalue weighted by Gasteiger charge is 2.24. The van der Waals surface area contributed by atoms with Gasteiger partial charge in [-0.2, -0.15) is 10.4 Å². The standard InChI is InChI=1S/C11H17N5O/c1-11(2,3)10(17)14-8-7(6-12)9(13-4)16(5)15-8/h13H,1-5H3,(H,14,15,17). The van der Waals surface area contributed by atoms with Gasteiger partial charge in [-0.05, 0) is 0 Å². The van der Waals surface area contributed by atoms with Crippen molar-refractivity contribution in [3.05, 3.63) is 5.56 Å². The van der Waals surface area contributed by atoms with E-state index in [2.05, 4.69) is 15.7 Å². The molecule has 1 heterocycles. The largest absolute Gasteiger partial charge is 0.372 e. The fourth-order valence-electron chi connectivity index (χ4n) is 1.30. The SMILES string of the molecule is CNc1c(C#N)c(NC(=O)C(C)(C)C)nn1C. The molecule has 0 spiro atoms. The van der Waals surface area contributed by atoms with E-state index in [9.17, 15) is 4.79 Å². The molecule has 0 saturated heterocycles. The zero-order chi connectivity index (χ0) is 13.2. The summed E-state index contributed by atoms with van der Waals surface area (Å²) in [7, 11) is 3.41. The number of nitrogens with one attached hydrogen (secondary N) is 2. The first-order valence-corrected chi connectivity index (χ1v) is 5.27. The van der Waals surface area contributed by atoms with Gasteiger partial charge in [-0.15, -0.1) is 0 Å². The molecule has 0 saturated carbocycles. The topological polar surface area (TPSA) is 82.7 Å². The number of nitrogens with zero attached hydrogens (tertiary/aromatic N) is 3. The van der Waals surface area contributed by atoms with Crippen molar-refractivity contribution in [2.75, 3.05) is 17.7 Å². The average molecular weight is 235 g/mol. The monoisotopic (exact) mass is 235 g/mol. The molecular formula is C11H17N5O. The Morgan fingerprint density at radius 2 is 2.06 bits per heavy atom. The van der Waals surface area contributed by atoms with Crippen molar-refractivity contribution in [1.29, 1.82) is 5.26 Å². The van der Waals surface area contributed by atoms with Crippen LogP contribution < -0.4 is 10.6 Å². The lowest BCUT2D eigenvalue weighted by atomic mass is 9.96. The summed E-state index contributed by atoms with van der Waals surface area (Å²) in [6, 6.07) is 2.03. The van der Waals surface area contributed by atoms with Gasteiger partial charge in [0.15, 0.2) is 5.82 Å². The summed E-state index contributed by atoms with van der Waals surface area (Å²) < 4.78 is 1.52. The number of nitriles is 1. The summed E-state index contributed by atoms with van der Waals surface area (Å²) in [5.41, 5.74) is -0.183. The number of aryl methyl sites for hydroxylation is 1. The second-order valence-corrected chi connectivity index (χ2v) is 4.76. The zero-order valence-electron chi connectivity index (χ0n) is 10.7. The first-order chi connectivity index (χ1) is 7.81. The van der Waals surface area contributed by atoms with E-state index in [1.54, 1.807) is 34.9 Å². The first kappa shape index (κ1) is 13.0. The van der Waals surface area contributed by atoms with E-state index >= 15 is 0 Å². The van der Waals surface area contributed by atoms with E-state index in [1.807, 2.05) is 6.07 Å². The van der Waals surface area contributed by atoms with Crippen LogP contribution >= 0.6 is 0 Å².